The highest BCUT2D eigenvalue weighted by atomic mass is 19.1. The summed E-state index contributed by atoms with van der Waals surface area (Å²) in [7, 11) is 0. The zero-order valence-corrected chi connectivity index (χ0v) is 13.6. The van der Waals surface area contributed by atoms with Crippen molar-refractivity contribution >= 4 is 5.78 Å². The van der Waals surface area contributed by atoms with Gasteiger partial charge in [-0.05, 0) is 78.8 Å². The first-order chi connectivity index (χ1) is 10.4. The zero-order valence-electron chi connectivity index (χ0n) is 13.6. The van der Waals surface area contributed by atoms with Crippen LogP contribution in [0.3, 0.4) is 0 Å². The molecule has 0 spiro atoms. The van der Waals surface area contributed by atoms with Gasteiger partial charge in [0.1, 0.15) is 6.17 Å². The van der Waals surface area contributed by atoms with Crippen molar-refractivity contribution < 1.29 is 14.3 Å². The van der Waals surface area contributed by atoms with Crippen molar-refractivity contribution in [3.8, 4) is 0 Å². The van der Waals surface area contributed by atoms with E-state index in [9.17, 15) is 14.3 Å². The molecule has 22 heavy (non-hydrogen) atoms. The monoisotopic (exact) mass is 306 g/mol. The lowest BCUT2D eigenvalue weighted by atomic mass is 9.47. The minimum atomic E-state index is -0.962. The second-order valence-electron chi connectivity index (χ2n) is 8.70. The number of ketones is 1. The summed E-state index contributed by atoms with van der Waals surface area (Å²) in [4.78, 5) is 11.8. The van der Waals surface area contributed by atoms with Crippen LogP contribution in [0.15, 0.2) is 11.6 Å². The average Bonchev–Trinajstić information content (AvgIpc) is 2.77. The smallest absolute Gasteiger partial charge is 0.155 e. The Morgan fingerprint density at radius 3 is 2.73 bits per heavy atom. The lowest BCUT2D eigenvalue weighted by Crippen LogP contribution is -2.53. The first kappa shape index (κ1) is 14.9. The number of aliphatic hydroxyl groups excluding tert-OH is 1. The summed E-state index contributed by atoms with van der Waals surface area (Å²) in [6.45, 7) is 4.42. The molecule has 3 fully saturated rings. The van der Waals surface area contributed by atoms with Gasteiger partial charge >= 0.3 is 0 Å². The van der Waals surface area contributed by atoms with Crippen molar-refractivity contribution in [2.75, 3.05) is 0 Å². The van der Waals surface area contributed by atoms with Crippen LogP contribution in [0.2, 0.25) is 0 Å². The number of halogens is 1. The summed E-state index contributed by atoms with van der Waals surface area (Å²) in [5.41, 5.74) is 0.640. The molecular formula is C19H27FO2. The van der Waals surface area contributed by atoms with Crippen molar-refractivity contribution in [1.29, 1.82) is 0 Å². The molecule has 4 aliphatic carbocycles. The highest BCUT2D eigenvalue weighted by Crippen LogP contribution is 2.65. The molecular weight excluding hydrogens is 279 g/mol. The topological polar surface area (TPSA) is 37.3 Å². The summed E-state index contributed by atoms with van der Waals surface area (Å²) in [5, 5.41) is 10.4. The van der Waals surface area contributed by atoms with Gasteiger partial charge in [-0.15, -0.1) is 0 Å². The van der Waals surface area contributed by atoms with E-state index in [2.05, 4.69) is 13.8 Å². The van der Waals surface area contributed by atoms with Crippen molar-refractivity contribution in [2.45, 2.75) is 71.1 Å². The third kappa shape index (κ3) is 1.78. The standard InChI is InChI=1S/C19H27FO2/c1-18-7-5-11(21)9-15(18)16(20)10-12-13-3-4-17(22)19(13,2)8-6-14(12)18/h9,12-14,16-17,22H,3-8,10H2,1-2H3/t12?,13-,14?,16-,17-,18+,19-/m0/s1. The van der Waals surface area contributed by atoms with Gasteiger partial charge in [0, 0.05) is 6.42 Å². The maximum Gasteiger partial charge on any atom is 0.155 e. The van der Waals surface area contributed by atoms with Crippen molar-refractivity contribution in [1.82, 2.24) is 0 Å². The van der Waals surface area contributed by atoms with E-state index in [1.807, 2.05) is 0 Å². The van der Waals surface area contributed by atoms with Gasteiger partial charge in [-0.3, -0.25) is 4.79 Å². The Hall–Kier alpha value is -0.700. The van der Waals surface area contributed by atoms with E-state index in [4.69, 9.17) is 0 Å². The Labute approximate surface area is 132 Å². The molecule has 0 amide bonds. The molecule has 3 saturated carbocycles. The first-order valence-corrected chi connectivity index (χ1v) is 8.93. The van der Waals surface area contributed by atoms with Gasteiger partial charge in [-0.2, -0.15) is 0 Å². The highest BCUT2D eigenvalue weighted by molar-refractivity contribution is 5.91. The Bertz CT molecular complexity index is 542. The van der Waals surface area contributed by atoms with Crippen LogP contribution in [0.4, 0.5) is 4.39 Å². The predicted molar refractivity (Wildman–Crippen MR) is 83.0 cm³/mol. The molecule has 0 saturated heterocycles. The predicted octanol–water partition coefficient (Wildman–Crippen LogP) is 3.83. The van der Waals surface area contributed by atoms with E-state index in [1.165, 1.54) is 0 Å². The third-order valence-corrected chi connectivity index (χ3v) is 7.89. The number of alkyl halides is 1. The number of hydrogen-bond acceptors (Lipinski definition) is 2. The van der Waals surface area contributed by atoms with E-state index in [-0.39, 0.29) is 22.7 Å². The second-order valence-corrected chi connectivity index (χ2v) is 8.70. The van der Waals surface area contributed by atoms with E-state index >= 15 is 0 Å². The molecule has 1 N–H and O–H groups in total. The van der Waals surface area contributed by atoms with E-state index in [1.54, 1.807) is 6.08 Å². The van der Waals surface area contributed by atoms with Gasteiger partial charge in [-0.25, -0.2) is 4.39 Å². The Morgan fingerprint density at radius 1 is 1.18 bits per heavy atom. The van der Waals surface area contributed by atoms with Crippen LogP contribution >= 0.6 is 0 Å². The largest absolute Gasteiger partial charge is 0.393 e. The van der Waals surface area contributed by atoms with E-state index in [0.717, 1.165) is 37.7 Å². The van der Waals surface area contributed by atoms with Crippen LogP contribution in [-0.4, -0.2) is 23.2 Å². The number of aliphatic hydroxyl groups is 1. The second kappa shape index (κ2) is 4.66. The van der Waals surface area contributed by atoms with Gasteiger partial charge < -0.3 is 5.11 Å². The zero-order chi connectivity index (χ0) is 15.7. The van der Waals surface area contributed by atoms with Gasteiger partial charge in [-0.1, -0.05) is 13.8 Å². The van der Waals surface area contributed by atoms with E-state index in [0.29, 0.717) is 30.6 Å². The van der Waals surface area contributed by atoms with Gasteiger partial charge in [0.05, 0.1) is 6.10 Å². The molecule has 0 heterocycles. The lowest BCUT2D eigenvalue weighted by molar-refractivity contribution is -0.119. The highest BCUT2D eigenvalue weighted by Gasteiger charge is 2.60. The number of fused-ring (bicyclic) bond motifs is 5. The van der Waals surface area contributed by atoms with Crippen molar-refractivity contribution in [3.05, 3.63) is 11.6 Å². The molecule has 0 aromatic rings. The number of allylic oxidation sites excluding steroid dienone is 1. The quantitative estimate of drug-likeness (QED) is 0.738. The first-order valence-electron chi connectivity index (χ1n) is 8.93. The molecule has 2 nitrogen and oxygen atoms in total. The molecule has 0 bridgehead atoms. The minimum absolute atomic E-state index is 0.0110. The molecule has 4 aliphatic rings. The van der Waals surface area contributed by atoms with Crippen LogP contribution in [0.1, 0.15) is 58.8 Å². The molecule has 0 aliphatic heterocycles. The Kier molecular flexibility index (Phi) is 3.15. The molecule has 0 aromatic carbocycles. The number of rotatable bonds is 0. The van der Waals surface area contributed by atoms with Gasteiger partial charge in [0.15, 0.2) is 5.78 Å². The molecule has 122 valence electrons. The van der Waals surface area contributed by atoms with E-state index < -0.39 is 6.17 Å². The van der Waals surface area contributed by atoms with Crippen molar-refractivity contribution in [2.24, 2.45) is 28.6 Å². The molecule has 0 radical (unpaired) electrons. The maximum atomic E-state index is 14.9. The van der Waals surface area contributed by atoms with Crippen LogP contribution in [0.25, 0.3) is 0 Å². The summed E-state index contributed by atoms with van der Waals surface area (Å²) in [6.07, 6.45) is 6.43. The molecule has 0 aromatic heterocycles. The van der Waals surface area contributed by atoms with Crippen LogP contribution in [-0.2, 0) is 4.79 Å². The van der Waals surface area contributed by atoms with Crippen LogP contribution in [0, 0.1) is 28.6 Å². The Balaban J connectivity index is 1.73. The van der Waals surface area contributed by atoms with Crippen LogP contribution in [0.5, 0.6) is 0 Å². The SMILES string of the molecule is C[C@]12CCC3C(C[C@H](F)C4=CC(=O)CC[C@@]43C)[C@@H]1CC[C@@H]2O. The van der Waals surface area contributed by atoms with Gasteiger partial charge in [0.25, 0.3) is 0 Å². The summed E-state index contributed by atoms with van der Waals surface area (Å²) < 4.78 is 14.9. The molecule has 2 unspecified atom stereocenters. The normalized spacial score (nSPS) is 54.3. The maximum absolute atomic E-state index is 14.9. The number of carbonyl (C=O) groups is 1. The molecule has 7 atom stereocenters. The molecule has 4 rings (SSSR count). The van der Waals surface area contributed by atoms with Crippen molar-refractivity contribution in [3.63, 3.8) is 0 Å². The summed E-state index contributed by atoms with van der Waals surface area (Å²) >= 11 is 0. The fraction of sp³-hybridized carbons (Fsp3) is 0.842. The van der Waals surface area contributed by atoms with Gasteiger partial charge in [0.2, 0.25) is 0 Å². The number of hydrogen-bond donors (Lipinski definition) is 1. The Morgan fingerprint density at radius 2 is 1.95 bits per heavy atom. The summed E-state index contributed by atoms with van der Waals surface area (Å²) in [6, 6.07) is 0. The van der Waals surface area contributed by atoms with Crippen LogP contribution < -0.4 is 0 Å². The third-order valence-electron chi connectivity index (χ3n) is 7.89. The fourth-order valence-corrected chi connectivity index (χ4v) is 6.53. The molecule has 3 heteroatoms. The summed E-state index contributed by atoms with van der Waals surface area (Å²) in [5.74, 6) is 1.42. The minimum Gasteiger partial charge on any atom is -0.393 e. The average molecular weight is 306 g/mol. The fourth-order valence-electron chi connectivity index (χ4n) is 6.53. The number of carbonyl (C=O) groups excluding carboxylic acids is 1. The lowest BCUT2D eigenvalue weighted by Gasteiger charge is -2.58.